The summed E-state index contributed by atoms with van der Waals surface area (Å²) in [6.45, 7) is 1.70. The summed E-state index contributed by atoms with van der Waals surface area (Å²) >= 11 is 0.951. The molecule has 0 aliphatic carbocycles. The predicted octanol–water partition coefficient (Wildman–Crippen LogP) is 2.20. The van der Waals surface area contributed by atoms with E-state index in [1.165, 1.54) is 6.92 Å². The van der Waals surface area contributed by atoms with E-state index in [0.717, 1.165) is 17.3 Å². The van der Waals surface area contributed by atoms with Crippen molar-refractivity contribution in [2.24, 2.45) is 5.92 Å². The molecule has 10 nitrogen and oxygen atoms in total. The highest BCUT2D eigenvalue weighted by Crippen LogP contribution is 2.20. The number of hydrogen-bond donors (Lipinski definition) is 1. The maximum absolute atomic E-state index is 12.4. The van der Waals surface area contributed by atoms with E-state index in [9.17, 15) is 24.0 Å². The van der Waals surface area contributed by atoms with E-state index in [4.69, 9.17) is 14.3 Å². The van der Waals surface area contributed by atoms with Crippen LogP contribution in [0.3, 0.4) is 0 Å². The monoisotopic (exact) mass is 466 g/mol. The third-order valence-electron chi connectivity index (χ3n) is 4.54. The Hall–Kier alpha value is -3.08. The summed E-state index contributed by atoms with van der Waals surface area (Å²) in [5, 5.41) is 2.91. The first-order valence-electron chi connectivity index (χ1n) is 10.0. The lowest BCUT2D eigenvalue weighted by Gasteiger charge is -2.18. The highest BCUT2D eigenvalue weighted by molar-refractivity contribution is 8.13. The van der Waals surface area contributed by atoms with Gasteiger partial charge in [0, 0.05) is 32.1 Å². The highest BCUT2D eigenvalue weighted by Gasteiger charge is 2.34. The van der Waals surface area contributed by atoms with Gasteiger partial charge in [-0.05, 0) is 30.5 Å². The maximum Gasteiger partial charge on any atom is 0.407 e. The largest absolute Gasteiger partial charge is 0.497 e. The van der Waals surface area contributed by atoms with Crippen molar-refractivity contribution in [2.75, 3.05) is 19.4 Å². The molecular formula is C21H26N2O8S. The van der Waals surface area contributed by atoms with Gasteiger partial charge in [0.1, 0.15) is 12.4 Å². The van der Waals surface area contributed by atoms with E-state index < -0.39 is 29.8 Å². The minimum absolute atomic E-state index is 0.00152. The molecule has 1 aromatic rings. The molecule has 0 bridgehead atoms. The van der Waals surface area contributed by atoms with Crippen molar-refractivity contribution in [3.63, 3.8) is 0 Å². The summed E-state index contributed by atoms with van der Waals surface area (Å²) in [5.74, 6) is -1.77. The maximum atomic E-state index is 12.4. The Balaban J connectivity index is 1.75. The molecule has 1 unspecified atom stereocenters. The number of rotatable bonds is 11. The predicted molar refractivity (Wildman–Crippen MR) is 114 cm³/mol. The van der Waals surface area contributed by atoms with Crippen molar-refractivity contribution >= 4 is 40.8 Å². The third-order valence-corrected chi connectivity index (χ3v) is 5.51. The van der Waals surface area contributed by atoms with Crippen LogP contribution in [0.15, 0.2) is 24.3 Å². The lowest BCUT2D eigenvalue weighted by atomic mass is 10.1. The van der Waals surface area contributed by atoms with Crippen LogP contribution in [0.25, 0.3) is 0 Å². The van der Waals surface area contributed by atoms with E-state index >= 15 is 0 Å². The van der Waals surface area contributed by atoms with Crippen molar-refractivity contribution < 1.29 is 38.3 Å². The Morgan fingerprint density at radius 3 is 2.38 bits per heavy atom. The van der Waals surface area contributed by atoms with Gasteiger partial charge in [-0.3, -0.25) is 14.4 Å². The second-order valence-electron chi connectivity index (χ2n) is 6.98. The van der Waals surface area contributed by atoms with E-state index in [1.807, 2.05) is 0 Å². The van der Waals surface area contributed by atoms with Crippen LogP contribution in [0.4, 0.5) is 4.79 Å². The van der Waals surface area contributed by atoms with Crippen LogP contribution in [-0.4, -0.2) is 53.5 Å². The third kappa shape index (κ3) is 8.22. The molecule has 0 radical (unpaired) electrons. The number of alkyl carbamates (subject to hydrolysis) is 1. The normalized spacial score (nSPS) is 14.1. The summed E-state index contributed by atoms with van der Waals surface area (Å²) in [5.41, 5.74) is 0.802. The Bertz CT molecular complexity index is 827. The fourth-order valence-electron chi connectivity index (χ4n) is 2.77. The van der Waals surface area contributed by atoms with Crippen LogP contribution in [0, 0.1) is 5.92 Å². The first kappa shape index (κ1) is 25.2. The standard InChI is InChI=1S/C21H26N2O8S/c1-14(24)32-13-16(20(27)31-23-18(25)9-10-19(23)26)4-3-11-22-21(28)30-12-15-5-7-17(29-2)8-6-15/h5-8,16H,3-4,9-13H2,1-2H3,(H,22,28). The fraction of sp³-hybridized carbons (Fsp3) is 0.476. The molecule has 32 heavy (non-hydrogen) atoms. The van der Waals surface area contributed by atoms with Crippen molar-refractivity contribution in [1.29, 1.82) is 0 Å². The minimum Gasteiger partial charge on any atom is -0.497 e. The Morgan fingerprint density at radius 1 is 1.12 bits per heavy atom. The Morgan fingerprint density at radius 2 is 1.78 bits per heavy atom. The van der Waals surface area contributed by atoms with Gasteiger partial charge in [-0.15, -0.1) is 5.06 Å². The number of hydroxylamine groups is 2. The van der Waals surface area contributed by atoms with Gasteiger partial charge in [0.25, 0.3) is 11.8 Å². The smallest absolute Gasteiger partial charge is 0.407 e. The lowest BCUT2D eigenvalue weighted by Crippen LogP contribution is -2.35. The first-order valence-corrected chi connectivity index (χ1v) is 11.0. The number of nitrogens with one attached hydrogen (secondary N) is 1. The Kier molecular flexibility index (Phi) is 9.99. The van der Waals surface area contributed by atoms with E-state index in [1.54, 1.807) is 31.4 Å². The van der Waals surface area contributed by atoms with Gasteiger partial charge < -0.3 is 19.6 Å². The molecule has 1 fully saturated rings. The number of amides is 3. The number of carbonyl (C=O) groups is 5. The van der Waals surface area contributed by atoms with Gasteiger partial charge in [0.05, 0.1) is 13.0 Å². The van der Waals surface area contributed by atoms with Gasteiger partial charge in [-0.1, -0.05) is 23.9 Å². The molecule has 1 N–H and O–H groups in total. The summed E-state index contributed by atoms with van der Waals surface area (Å²) in [6.07, 6.45) is 0.0841. The molecule has 0 saturated carbocycles. The van der Waals surface area contributed by atoms with Crippen molar-refractivity contribution in [3.05, 3.63) is 29.8 Å². The van der Waals surface area contributed by atoms with Gasteiger partial charge in [0.15, 0.2) is 5.12 Å². The average molecular weight is 467 g/mol. The molecule has 1 heterocycles. The van der Waals surface area contributed by atoms with Gasteiger partial charge >= 0.3 is 12.1 Å². The number of benzene rings is 1. The van der Waals surface area contributed by atoms with Crippen molar-refractivity contribution in [3.8, 4) is 5.75 Å². The molecule has 174 valence electrons. The second kappa shape index (κ2) is 12.7. The molecule has 11 heteroatoms. The number of thioether (sulfide) groups is 1. The number of ether oxygens (including phenoxy) is 2. The SMILES string of the molecule is COc1ccc(COC(=O)NCCCC(CSC(C)=O)C(=O)ON2C(=O)CCC2=O)cc1. The molecule has 1 atom stereocenters. The van der Waals surface area contributed by atoms with Crippen molar-refractivity contribution in [2.45, 2.75) is 39.2 Å². The number of methoxy groups -OCH3 is 1. The zero-order valence-corrected chi connectivity index (χ0v) is 18.8. The van der Waals surface area contributed by atoms with Crippen molar-refractivity contribution in [1.82, 2.24) is 10.4 Å². The summed E-state index contributed by atoms with van der Waals surface area (Å²) < 4.78 is 10.2. The molecule has 1 aromatic carbocycles. The van der Waals surface area contributed by atoms with Crippen LogP contribution in [0.2, 0.25) is 0 Å². The van der Waals surface area contributed by atoms with Crippen LogP contribution in [0.1, 0.15) is 38.2 Å². The zero-order chi connectivity index (χ0) is 23.5. The number of nitrogens with zero attached hydrogens (tertiary/aromatic N) is 1. The highest BCUT2D eigenvalue weighted by atomic mass is 32.2. The molecule has 0 spiro atoms. The molecular weight excluding hydrogens is 440 g/mol. The summed E-state index contributed by atoms with van der Waals surface area (Å²) in [6, 6.07) is 7.09. The molecule has 1 saturated heterocycles. The molecule has 0 aromatic heterocycles. The Labute approximate surface area is 189 Å². The average Bonchev–Trinajstić information content (AvgIpc) is 3.09. The van der Waals surface area contributed by atoms with Crippen LogP contribution in [-0.2, 0) is 35.4 Å². The van der Waals surface area contributed by atoms with E-state index in [0.29, 0.717) is 17.2 Å². The summed E-state index contributed by atoms with van der Waals surface area (Å²) in [4.78, 5) is 63.8. The van der Waals surface area contributed by atoms with Crippen LogP contribution >= 0.6 is 11.8 Å². The molecule has 1 aliphatic heterocycles. The number of carbonyl (C=O) groups excluding carboxylic acids is 5. The summed E-state index contributed by atoms with van der Waals surface area (Å²) in [7, 11) is 1.56. The van der Waals surface area contributed by atoms with Gasteiger partial charge in [-0.25, -0.2) is 9.59 Å². The molecule has 3 amide bonds. The van der Waals surface area contributed by atoms with Gasteiger partial charge in [0.2, 0.25) is 0 Å². The fourth-order valence-corrected chi connectivity index (χ4v) is 3.51. The van der Waals surface area contributed by atoms with Crippen LogP contribution in [0.5, 0.6) is 5.75 Å². The quantitative estimate of drug-likeness (QED) is 0.385. The van der Waals surface area contributed by atoms with E-state index in [-0.39, 0.29) is 43.3 Å². The number of hydrogen-bond acceptors (Lipinski definition) is 9. The first-order chi connectivity index (χ1) is 15.3. The second-order valence-corrected chi connectivity index (χ2v) is 8.18. The van der Waals surface area contributed by atoms with Gasteiger partial charge in [-0.2, -0.15) is 0 Å². The topological polar surface area (TPSA) is 128 Å². The van der Waals surface area contributed by atoms with E-state index in [2.05, 4.69) is 5.32 Å². The number of imide groups is 1. The molecule has 1 aliphatic rings. The lowest BCUT2D eigenvalue weighted by molar-refractivity contribution is -0.200. The van der Waals surface area contributed by atoms with Crippen LogP contribution < -0.4 is 10.1 Å². The zero-order valence-electron chi connectivity index (χ0n) is 18.0. The minimum atomic E-state index is -0.760. The molecule has 2 rings (SSSR count).